The predicted molar refractivity (Wildman–Crippen MR) is 43.1 cm³/mol. The average molecular weight is 163 g/mol. The van der Waals surface area contributed by atoms with Gasteiger partial charge >= 0.3 is 6.09 Å². The summed E-state index contributed by atoms with van der Waals surface area (Å²) in [7, 11) is 0. The average Bonchev–Trinajstić information content (AvgIpc) is 1.87. The summed E-state index contributed by atoms with van der Waals surface area (Å²) in [5.41, 5.74) is 0. The van der Waals surface area contributed by atoms with Gasteiger partial charge in [0, 0.05) is 5.75 Å². The maximum Gasteiger partial charge on any atom is 0.414 e. The van der Waals surface area contributed by atoms with E-state index in [1.54, 1.807) is 0 Å². The van der Waals surface area contributed by atoms with Crippen LogP contribution in [0.5, 0.6) is 0 Å². The molecule has 10 heavy (non-hydrogen) atoms. The Balaban J connectivity index is 2.84. The molecule has 2 N–H and O–H groups in total. The summed E-state index contributed by atoms with van der Waals surface area (Å²) >= 11 is 1.25. The van der Waals surface area contributed by atoms with Gasteiger partial charge in [0.15, 0.2) is 0 Å². The molecule has 0 aromatic heterocycles. The van der Waals surface area contributed by atoms with Crippen molar-refractivity contribution in [3.8, 4) is 0 Å². The third-order valence-electron chi connectivity index (χ3n) is 1.01. The Kier molecular flexibility index (Phi) is 6.48. The molecule has 0 radical (unpaired) electrons. The summed E-state index contributed by atoms with van der Waals surface area (Å²) in [5.74, 6) is 0.875. The SMILES string of the molecule is CCCCCSNC(=O)O. The molecule has 4 heteroatoms. The summed E-state index contributed by atoms with van der Waals surface area (Å²) in [5, 5.41) is 8.14. The van der Waals surface area contributed by atoms with Crippen LogP contribution in [0.4, 0.5) is 4.79 Å². The summed E-state index contributed by atoms with van der Waals surface area (Å²) < 4.78 is 2.24. The first kappa shape index (κ1) is 9.62. The quantitative estimate of drug-likeness (QED) is 0.482. The van der Waals surface area contributed by atoms with Crippen molar-refractivity contribution in [2.45, 2.75) is 26.2 Å². The van der Waals surface area contributed by atoms with Gasteiger partial charge < -0.3 is 5.11 Å². The van der Waals surface area contributed by atoms with E-state index in [1.807, 2.05) is 0 Å². The molecule has 0 heterocycles. The van der Waals surface area contributed by atoms with Gasteiger partial charge in [-0.25, -0.2) is 4.79 Å². The third kappa shape index (κ3) is 7.62. The molecule has 0 aromatic rings. The van der Waals surface area contributed by atoms with Crippen molar-refractivity contribution in [3.05, 3.63) is 0 Å². The zero-order chi connectivity index (χ0) is 7.82. The van der Waals surface area contributed by atoms with Gasteiger partial charge in [-0.1, -0.05) is 19.8 Å². The van der Waals surface area contributed by atoms with Gasteiger partial charge in [0.25, 0.3) is 0 Å². The molecule has 0 rings (SSSR count). The zero-order valence-electron chi connectivity index (χ0n) is 6.09. The highest BCUT2D eigenvalue weighted by Gasteiger charge is 1.92. The highest BCUT2D eigenvalue weighted by molar-refractivity contribution is 7.97. The molecule has 0 aromatic carbocycles. The van der Waals surface area contributed by atoms with Crippen LogP contribution in [0.25, 0.3) is 0 Å². The van der Waals surface area contributed by atoms with Gasteiger partial charge in [0.2, 0.25) is 0 Å². The predicted octanol–water partition coefficient (Wildman–Crippen LogP) is 2.09. The van der Waals surface area contributed by atoms with Crippen molar-refractivity contribution < 1.29 is 9.90 Å². The number of rotatable bonds is 5. The highest BCUT2D eigenvalue weighted by Crippen LogP contribution is 2.01. The number of hydrogen-bond donors (Lipinski definition) is 2. The Bertz CT molecular complexity index is 97.7. The molecule has 60 valence electrons. The number of amides is 1. The summed E-state index contributed by atoms with van der Waals surface area (Å²) in [4.78, 5) is 9.90. The van der Waals surface area contributed by atoms with Gasteiger partial charge in [-0.15, -0.1) is 0 Å². The van der Waals surface area contributed by atoms with Gasteiger partial charge in [-0.05, 0) is 18.4 Å². The molecule has 0 bridgehead atoms. The van der Waals surface area contributed by atoms with E-state index < -0.39 is 6.09 Å². The van der Waals surface area contributed by atoms with Crippen molar-refractivity contribution in [3.63, 3.8) is 0 Å². The van der Waals surface area contributed by atoms with Crippen molar-refractivity contribution in [2.24, 2.45) is 0 Å². The van der Waals surface area contributed by atoms with E-state index in [2.05, 4.69) is 11.6 Å². The minimum atomic E-state index is -0.957. The first-order chi connectivity index (χ1) is 4.77. The lowest BCUT2D eigenvalue weighted by Gasteiger charge is -1.97. The van der Waals surface area contributed by atoms with E-state index in [0.717, 1.165) is 12.2 Å². The lowest BCUT2D eigenvalue weighted by molar-refractivity contribution is 0.202. The molecule has 0 spiro atoms. The van der Waals surface area contributed by atoms with E-state index in [1.165, 1.54) is 24.8 Å². The zero-order valence-corrected chi connectivity index (χ0v) is 6.91. The van der Waals surface area contributed by atoms with Gasteiger partial charge in [0.05, 0.1) is 0 Å². The number of carbonyl (C=O) groups is 1. The fourth-order valence-corrected chi connectivity index (χ4v) is 1.11. The van der Waals surface area contributed by atoms with Crippen LogP contribution in [0.1, 0.15) is 26.2 Å². The van der Waals surface area contributed by atoms with E-state index in [0.29, 0.717) is 0 Å². The monoisotopic (exact) mass is 163 g/mol. The molecule has 0 saturated carbocycles. The number of hydrogen-bond acceptors (Lipinski definition) is 2. The van der Waals surface area contributed by atoms with E-state index >= 15 is 0 Å². The van der Waals surface area contributed by atoms with Crippen molar-refractivity contribution in [1.82, 2.24) is 4.72 Å². The van der Waals surface area contributed by atoms with Crippen molar-refractivity contribution >= 4 is 18.0 Å². The standard InChI is InChI=1S/C6H13NO2S/c1-2-3-4-5-10-7-6(8)9/h7H,2-5H2,1H3,(H,8,9). The van der Waals surface area contributed by atoms with Crippen LogP contribution in [0.2, 0.25) is 0 Å². The van der Waals surface area contributed by atoms with Crippen LogP contribution in [0, 0.1) is 0 Å². The Morgan fingerprint density at radius 1 is 1.60 bits per heavy atom. The molecule has 0 saturated heterocycles. The Labute approximate surface area is 65.3 Å². The topological polar surface area (TPSA) is 49.3 Å². The first-order valence-corrected chi connectivity index (χ1v) is 4.36. The van der Waals surface area contributed by atoms with Crippen LogP contribution in [-0.4, -0.2) is 17.0 Å². The minimum Gasteiger partial charge on any atom is -0.464 e. The molecule has 0 aliphatic rings. The second-order valence-electron chi connectivity index (χ2n) is 1.96. The first-order valence-electron chi connectivity index (χ1n) is 3.38. The van der Waals surface area contributed by atoms with Gasteiger partial charge in [-0.3, -0.25) is 4.72 Å². The second-order valence-corrected chi connectivity index (χ2v) is 2.86. The Hall–Kier alpha value is -0.380. The van der Waals surface area contributed by atoms with Crippen LogP contribution in [0.3, 0.4) is 0 Å². The maximum atomic E-state index is 9.90. The molecule has 0 aliphatic heterocycles. The molecule has 0 atom stereocenters. The van der Waals surface area contributed by atoms with Crippen molar-refractivity contribution in [1.29, 1.82) is 0 Å². The lowest BCUT2D eigenvalue weighted by atomic mass is 10.3. The van der Waals surface area contributed by atoms with E-state index in [4.69, 9.17) is 5.11 Å². The second kappa shape index (κ2) is 6.74. The molecule has 0 unspecified atom stereocenters. The van der Waals surface area contributed by atoms with Crippen LogP contribution in [0.15, 0.2) is 0 Å². The fraction of sp³-hybridized carbons (Fsp3) is 0.833. The summed E-state index contributed by atoms with van der Waals surface area (Å²) in [6, 6.07) is 0. The smallest absolute Gasteiger partial charge is 0.414 e. The van der Waals surface area contributed by atoms with Crippen molar-refractivity contribution in [2.75, 3.05) is 5.75 Å². The maximum absolute atomic E-state index is 9.90. The van der Waals surface area contributed by atoms with Crippen LogP contribution >= 0.6 is 11.9 Å². The largest absolute Gasteiger partial charge is 0.464 e. The molecular formula is C6H13NO2S. The van der Waals surface area contributed by atoms with E-state index in [9.17, 15) is 4.79 Å². The molecule has 0 fully saturated rings. The van der Waals surface area contributed by atoms with E-state index in [-0.39, 0.29) is 0 Å². The fourth-order valence-electron chi connectivity index (χ4n) is 0.537. The van der Waals surface area contributed by atoms with Gasteiger partial charge in [-0.2, -0.15) is 0 Å². The Morgan fingerprint density at radius 2 is 2.30 bits per heavy atom. The number of carboxylic acid groups (broad SMARTS) is 1. The molecule has 0 aliphatic carbocycles. The summed E-state index contributed by atoms with van der Waals surface area (Å²) in [6.07, 6.45) is 2.48. The Morgan fingerprint density at radius 3 is 2.80 bits per heavy atom. The molecular weight excluding hydrogens is 150 g/mol. The third-order valence-corrected chi connectivity index (χ3v) is 1.82. The highest BCUT2D eigenvalue weighted by atomic mass is 32.2. The summed E-state index contributed by atoms with van der Waals surface area (Å²) in [6.45, 7) is 2.12. The van der Waals surface area contributed by atoms with Crippen LogP contribution < -0.4 is 4.72 Å². The molecule has 3 nitrogen and oxygen atoms in total. The minimum absolute atomic E-state index is 0.875. The normalized spacial score (nSPS) is 9.30. The molecule has 1 amide bonds. The van der Waals surface area contributed by atoms with Gasteiger partial charge in [0.1, 0.15) is 0 Å². The number of nitrogens with one attached hydrogen (secondary N) is 1. The lowest BCUT2D eigenvalue weighted by Crippen LogP contribution is -2.12. The van der Waals surface area contributed by atoms with Crippen LogP contribution in [-0.2, 0) is 0 Å². The number of unbranched alkanes of at least 4 members (excludes halogenated alkanes) is 2.